The summed E-state index contributed by atoms with van der Waals surface area (Å²) >= 11 is 0. The van der Waals surface area contributed by atoms with E-state index in [1.807, 2.05) is 20.8 Å². The van der Waals surface area contributed by atoms with Crippen LogP contribution in [0.3, 0.4) is 0 Å². The van der Waals surface area contributed by atoms with Crippen LogP contribution < -0.4 is 10.6 Å². The Morgan fingerprint density at radius 2 is 2.05 bits per heavy atom. The first-order valence-corrected chi connectivity index (χ1v) is 5.63. The Morgan fingerprint density at radius 1 is 1.42 bits per heavy atom. The van der Waals surface area contributed by atoms with E-state index in [1.54, 1.807) is 0 Å². The molecule has 0 atom stereocenters. The number of aromatic carboxylic acids is 1. The van der Waals surface area contributed by atoms with Crippen molar-refractivity contribution in [3.8, 4) is 0 Å². The van der Waals surface area contributed by atoms with Crippen molar-refractivity contribution in [2.45, 2.75) is 26.3 Å². The summed E-state index contributed by atoms with van der Waals surface area (Å²) in [7, 11) is 0. The first-order valence-electron chi connectivity index (χ1n) is 5.63. The molecule has 0 bridgehead atoms. The Balaban J connectivity index is 2.71. The van der Waals surface area contributed by atoms with Crippen LogP contribution in [0.5, 0.6) is 0 Å². The zero-order chi connectivity index (χ0) is 14.6. The van der Waals surface area contributed by atoms with Gasteiger partial charge in [0.05, 0.1) is 6.54 Å². The molecule has 0 unspecified atom stereocenters. The first-order chi connectivity index (χ1) is 8.70. The predicted molar refractivity (Wildman–Crippen MR) is 67.5 cm³/mol. The number of nitrogens with zero attached hydrogens (tertiary/aromatic N) is 1. The molecule has 0 aromatic carbocycles. The van der Waals surface area contributed by atoms with Gasteiger partial charge in [0.2, 0.25) is 5.91 Å². The van der Waals surface area contributed by atoms with E-state index in [0.717, 1.165) is 12.3 Å². The van der Waals surface area contributed by atoms with Crippen molar-refractivity contribution >= 4 is 17.7 Å². The molecule has 0 radical (unpaired) electrons. The number of carboxylic acid groups (broad SMARTS) is 1. The molecule has 1 aromatic rings. The van der Waals surface area contributed by atoms with Crippen molar-refractivity contribution in [3.63, 3.8) is 0 Å². The van der Waals surface area contributed by atoms with Gasteiger partial charge in [0.15, 0.2) is 11.6 Å². The third-order valence-corrected chi connectivity index (χ3v) is 2.05. The van der Waals surface area contributed by atoms with Gasteiger partial charge < -0.3 is 15.7 Å². The van der Waals surface area contributed by atoms with Gasteiger partial charge in [0.1, 0.15) is 5.56 Å². The fraction of sp³-hybridized carbons (Fsp3) is 0.417. The molecule has 1 aromatic heterocycles. The molecule has 0 spiro atoms. The van der Waals surface area contributed by atoms with Gasteiger partial charge in [-0.05, 0) is 26.8 Å². The number of rotatable bonds is 4. The van der Waals surface area contributed by atoms with Crippen LogP contribution in [0.4, 0.5) is 10.2 Å². The van der Waals surface area contributed by atoms with Crippen LogP contribution in [0.25, 0.3) is 0 Å². The molecule has 104 valence electrons. The first kappa shape index (κ1) is 14.9. The highest BCUT2D eigenvalue weighted by Crippen LogP contribution is 2.14. The molecule has 1 heterocycles. The van der Waals surface area contributed by atoms with Crippen LogP contribution in [0.2, 0.25) is 0 Å². The van der Waals surface area contributed by atoms with Crippen molar-refractivity contribution < 1.29 is 19.1 Å². The maximum absolute atomic E-state index is 13.7. The standard InChI is InChI=1S/C12H16FN3O3/c1-12(2,3)16-8(17)6-15-10-9(13)7(11(18)19)4-5-14-10/h4-5H,6H2,1-3H3,(H,14,15)(H,16,17)(H,18,19). The number of hydrogen-bond donors (Lipinski definition) is 3. The predicted octanol–water partition coefficient (Wildman–Crippen LogP) is 1.25. The van der Waals surface area contributed by atoms with Gasteiger partial charge in [-0.1, -0.05) is 0 Å². The Morgan fingerprint density at radius 3 is 2.58 bits per heavy atom. The van der Waals surface area contributed by atoms with E-state index in [1.165, 1.54) is 0 Å². The summed E-state index contributed by atoms with van der Waals surface area (Å²) in [6.07, 6.45) is 1.16. The minimum atomic E-state index is -1.39. The monoisotopic (exact) mass is 269 g/mol. The average molecular weight is 269 g/mol. The van der Waals surface area contributed by atoms with E-state index >= 15 is 0 Å². The number of aromatic nitrogens is 1. The SMILES string of the molecule is CC(C)(C)NC(=O)CNc1nccc(C(=O)O)c1F. The fourth-order valence-electron chi connectivity index (χ4n) is 1.36. The molecule has 3 N–H and O–H groups in total. The number of carboxylic acids is 1. The van der Waals surface area contributed by atoms with E-state index in [-0.39, 0.29) is 18.3 Å². The number of anilines is 1. The smallest absolute Gasteiger partial charge is 0.338 e. The maximum Gasteiger partial charge on any atom is 0.338 e. The van der Waals surface area contributed by atoms with Crippen LogP contribution in [0.15, 0.2) is 12.3 Å². The van der Waals surface area contributed by atoms with Crippen LogP contribution >= 0.6 is 0 Å². The lowest BCUT2D eigenvalue weighted by atomic mass is 10.1. The molecule has 0 aliphatic rings. The van der Waals surface area contributed by atoms with Gasteiger partial charge in [-0.2, -0.15) is 0 Å². The second-order valence-electron chi connectivity index (χ2n) is 4.98. The molecule has 0 aliphatic heterocycles. The summed E-state index contributed by atoms with van der Waals surface area (Å²) < 4.78 is 13.7. The number of pyridine rings is 1. The second kappa shape index (κ2) is 5.64. The number of amides is 1. The highest BCUT2D eigenvalue weighted by Gasteiger charge is 2.17. The van der Waals surface area contributed by atoms with E-state index in [4.69, 9.17) is 5.11 Å². The van der Waals surface area contributed by atoms with Gasteiger partial charge >= 0.3 is 5.97 Å². The Hall–Kier alpha value is -2.18. The topological polar surface area (TPSA) is 91.3 Å². The largest absolute Gasteiger partial charge is 0.478 e. The summed E-state index contributed by atoms with van der Waals surface area (Å²) in [5, 5.41) is 13.9. The molecule has 0 aliphatic carbocycles. The molecule has 1 amide bonds. The van der Waals surface area contributed by atoms with Crippen molar-refractivity contribution in [1.82, 2.24) is 10.3 Å². The summed E-state index contributed by atoms with van der Waals surface area (Å²) in [4.78, 5) is 25.9. The number of carbonyl (C=O) groups excluding carboxylic acids is 1. The second-order valence-corrected chi connectivity index (χ2v) is 4.98. The third kappa shape index (κ3) is 4.53. The van der Waals surface area contributed by atoms with Crippen molar-refractivity contribution in [2.24, 2.45) is 0 Å². The van der Waals surface area contributed by atoms with Gasteiger partial charge in [-0.25, -0.2) is 14.2 Å². The lowest BCUT2D eigenvalue weighted by Gasteiger charge is -2.20. The van der Waals surface area contributed by atoms with Crippen LogP contribution in [0, 0.1) is 5.82 Å². The van der Waals surface area contributed by atoms with Crippen LogP contribution in [0.1, 0.15) is 31.1 Å². The average Bonchev–Trinajstić information content (AvgIpc) is 2.24. The number of halogens is 1. The van der Waals surface area contributed by atoms with Gasteiger partial charge in [0.25, 0.3) is 0 Å². The molecule has 6 nitrogen and oxygen atoms in total. The molecular weight excluding hydrogens is 253 g/mol. The minimum absolute atomic E-state index is 0.190. The molecule has 1 rings (SSSR count). The molecule has 7 heteroatoms. The van der Waals surface area contributed by atoms with Crippen LogP contribution in [-0.4, -0.2) is 34.1 Å². The highest BCUT2D eigenvalue weighted by atomic mass is 19.1. The van der Waals surface area contributed by atoms with E-state index in [0.29, 0.717) is 0 Å². The summed E-state index contributed by atoms with van der Waals surface area (Å²) in [5.74, 6) is -2.97. The number of nitrogens with one attached hydrogen (secondary N) is 2. The lowest BCUT2D eigenvalue weighted by Crippen LogP contribution is -2.43. The normalized spacial score (nSPS) is 10.9. The van der Waals surface area contributed by atoms with Crippen molar-refractivity contribution in [2.75, 3.05) is 11.9 Å². The Kier molecular flexibility index (Phi) is 4.42. The number of hydrogen-bond acceptors (Lipinski definition) is 4. The lowest BCUT2D eigenvalue weighted by molar-refractivity contribution is -0.120. The van der Waals surface area contributed by atoms with E-state index < -0.39 is 22.9 Å². The van der Waals surface area contributed by atoms with Gasteiger partial charge in [0, 0.05) is 11.7 Å². The van der Waals surface area contributed by atoms with Crippen molar-refractivity contribution in [3.05, 3.63) is 23.6 Å². The fourth-order valence-corrected chi connectivity index (χ4v) is 1.36. The molecular formula is C12H16FN3O3. The van der Waals surface area contributed by atoms with Gasteiger partial charge in [-0.15, -0.1) is 0 Å². The zero-order valence-electron chi connectivity index (χ0n) is 11.0. The summed E-state index contributed by atoms with van der Waals surface area (Å²) in [5.41, 5.74) is -0.887. The molecule has 0 saturated heterocycles. The minimum Gasteiger partial charge on any atom is -0.478 e. The van der Waals surface area contributed by atoms with E-state index in [9.17, 15) is 14.0 Å². The Labute approximate surface area is 110 Å². The summed E-state index contributed by atoms with van der Waals surface area (Å²) in [6.45, 7) is 5.25. The maximum atomic E-state index is 13.7. The quantitative estimate of drug-likeness (QED) is 0.765. The zero-order valence-corrected chi connectivity index (χ0v) is 11.0. The van der Waals surface area contributed by atoms with E-state index in [2.05, 4.69) is 15.6 Å². The third-order valence-electron chi connectivity index (χ3n) is 2.05. The van der Waals surface area contributed by atoms with Crippen LogP contribution in [-0.2, 0) is 4.79 Å². The van der Waals surface area contributed by atoms with Crippen molar-refractivity contribution in [1.29, 1.82) is 0 Å². The number of carbonyl (C=O) groups is 2. The van der Waals surface area contributed by atoms with Gasteiger partial charge in [-0.3, -0.25) is 4.79 Å². The highest BCUT2D eigenvalue weighted by molar-refractivity contribution is 5.89. The molecule has 0 saturated carbocycles. The Bertz CT molecular complexity index is 497. The summed E-state index contributed by atoms with van der Waals surface area (Å²) in [6, 6.07) is 1.05. The molecule has 0 fully saturated rings. The molecule has 19 heavy (non-hydrogen) atoms.